The fourth-order valence-corrected chi connectivity index (χ4v) is 3.64. The van der Waals surface area contributed by atoms with Gasteiger partial charge in [-0.1, -0.05) is 0 Å². The molecule has 1 aliphatic rings. The highest BCUT2D eigenvalue weighted by Crippen LogP contribution is 2.35. The molecule has 0 atom stereocenters. The molecule has 0 aromatic carbocycles. The SMILES string of the molecule is Cc1c(C(=N)OC(=N)C2CC2)c2c(Br)cn(C)c(=O)c2n1SF. The molecule has 9 heteroatoms. The van der Waals surface area contributed by atoms with E-state index in [0.717, 1.165) is 16.8 Å². The molecule has 0 aliphatic heterocycles. The monoisotopic (exact) mass is 400 g/mol. The summed E-state index contributed by atoms with van der Waals surface area (Å²) in [7, 11) is 1.58. The molecule has 1 saturated carbocycles. The maximum absolute atomic E-state index is 13.4. The summed E-state index contributed by atoms with van der Waals surface area (Å²) < 4.78 is 21.8. The Morgan fingerprint density at radius 3 is 2.70 bits per heavy atom. The summed E-state index contributed by atoms with van der Waals surface area (Å²) in [5.41, 5.74) is 0.492. The molecular weight excluding hydrogens is 387 g/mol. The van der Waals surface area contributed by atoms with Crippen LogP contribution in [0.2, 0.25) is 0 Å². The van der Waals surface area contributed by atoms with Crippen LogP contribution in [0.4, 0.5) is 3.89 Å². The molecule has 0 bridgehead atoms. The lowest BCUT2D eigenvalue weighted by Crippen LogP contribution is -2.18. The number of hydrogen-bond donors (Lipinski definition) is 2. The molecule has 2 heterocycles. The Kier molecular flexibility index (Phi) is 4.09. The second kappa shape index (κ2) is 5.79. The predicted octanol–water partition coefficient (Wildman–Crippen LogP) is 3.52. The van der Waals surface area contributed by atoms with Crippen LogP contribution in [-0.4, -0.2) is 20.3 Å². The van der Waals surface area contributed by atoms with Gasteiger partial charge in [0.2, 0.25) is 5.90 Å². The highest BCUT2D eigenvalue weighted by Gasteiger charge is 2.31. The Hall–Kier alpha value is -1.61. The van der Waals surface area contributed by atoms with Crippen LogP contribution in [0.5, 0.6) is 0 Å². The Labute approximate surface area is 144 Å². The minimum absolute atomic E-state index is 0.0446. The van der Waals surface area contributed by atoms with Crippen LogP contribution in [0, 0.1) is 23.7 Å². The van der Waals surface area contributed by atoms with E-state index in [0.29, 0.717) is 21.1 Å². The summed E-state index contributed by atoms with van der Waals surface area (Å²) in [6.07, 6.45) is 3.34. The van der Waals surface area contributed by atoms with Crippen molar-refractivity contribution in [3.05, 3.63) is 32.3 Å². The smallest absolute Gasteiger partial charge is 0.275 e. The van der Waals surface area contributed by atoms with Gasteiger partial charge in [-0.15, -0.1) is 3.89 Å². The lowest BCUT2D eigenvalue weighted by molar-refractivity contribution is 0.512. The predicted molar refractivity (Wildman–Crippen MR) is 92.1 cm³/mol. The van der Waals surface area contributed by atoms with Gasteiger partial charge in [-0.2, -0.15) is 0 Å². The second-order valence-electron chi connectivity index (χ2n) is 5.51. The highest BCUT2D eigenvalue weighted by atomic mass is 79.9. The van der Waals surface area contributed by atoms with Crippen LogP contribution < -0.4 is 5.56 Å². The van der Waals surface area contributed by atoms with Crippen LogP contribution in [0.3, 0.4) is 0 Å². The molecule has 0 spiro atoms. The third-order valence-electron chi connectivity index (χ3n) is 3.88. The van der Waals surface area contributed by atoms with Gasteiger partial charge in [0, 0.05) is 34.7 Å². The Bertz CT molecular complexity index is 901. The molecule has 1 aliphatic carbocycles. The quantitative estimate of drug-likeness (QED) is 0.610. The zero-order valence-electron chi connectivity index (χ0n) is 12.4. The van der Waals surface area contributed by atoms with Gasteiger partial charge in [0.15, 0.2) is 18.2 Å². The number of nitrogens with one attached hydrogen (secondary N) is 2. The maximum Gasteiger partial charge on any atom is 0.275 e. The molecule has 0 saturated heterocycles. The molecule has 122 valence electrons. The number of aryl methyl sites for hydroxylation is 1. The summed E-state index contributed by atoms with van der Waals surface area (Å²) in [6.45, 7) is 1.62. The van der Waals surface area contributed by atoms with E-state index >= 15 is 0 Å². The minimum Gasteiger partial charge on any atom is -0.425 e. The van der Waals surface area contributed by atoms with E-state index < -0.39 is 0 Å². The molecule has 3 rings (SSSR count). The lowest BCUT2D eigenvalue weighted by atomic mass is 10.1. The molecule has 2 aromatic rings. The van der Waals surface area contributed by atoms with Crippen LogP contribution >= 0.6 is 28.3 Å². The lowest BCUT2D eigenvalue weighted by Gasteiger charge is -2.08. The van der Waals surface area contributed by atoms with E-state index in [4.69, 9.17) is 15.6 Å². The average Bonchev–Trinajstić information content (AvgIpc) is 3.28. The van der Waals surface area contributed by atoms with E-state index in [9.17, 15) is 8.68 Å². The van der Waals surface area contributed by atoms with Gasteiger partial charge in [0.25, 0.3) is 5.56 Å². The van der Waals surface area contributed by atoms with Crippen molar-refractivity contribution < 1.29 is 8.62 Å². The van der Waals surface area contributed by atoms with E-state index in [1.54, 1.807) is 20.2 Å². The van der Waals surface area contributed by atoms with Crippen LogP contribution in [0.15, 0.2) is 15.5 Å². The van der Waals surface area contributed by atoms with Crippen molar-refractivity contribution in [1.29, 1.82) is 10.8 Å². The van der Waals surface area contributed by atoms with Gasteiger partial charge in [-0.25, -0.2) is 0 Å². The highest BCUT2D eigenvalue weighted by molar-refractivity contribution is 9.10. The zero-order valence-corrected chi connectivity index (χ0v) is 14.8. The second-order valence-corrected chi connectivity index (χ2v) is 6.87. The van der Waals surface area contributed by atoms with Crippen molar-refractivity contribution >= 4 is 51.0 Å². The van der Waals surface area contributed by atoms with Crippen molar-refractivity contribution in [3.63, 3.8) is 0 Å². The van der Waals surface area contributed by atoms with Gasteiger partial charge in [-0.3, -0.25) is 19.6 Å². The number of aromatic nitrogens is 2. The van der Waals surface area contributed by atoms with Crippen molar-refractivity contribution in [2.24, 2.45) is 13.0 Å². The number of pyridine rings is 1. The third kappa shape index (κ3) is 2.61. The zero-order chi connectivity index (χ0) is 16.9. The fourth-order valence-electron chi connectivity index (χ4n) is 2.51. The fraction of sp³-hybridized carbons (Fsp3) is 0.357. The summed E-state index contributed by atoms with van der Waals surface area (Å²) in [5.74, 6) is -0.134. The average molecular weight is 401 g/mol. The molecule has 2 aromatic heterocycles. The summed E-state index contributed by atoms with van der Waals surface area (Å²) in [4.78, 5) is 12.4. The summed E-state index contributed by atoms with van der Waals surface area (Å²) in [6, 6.07) is 0. The molecule has 0 amide bonds. The number of halogens is 2. The molecule has 2 N–H and O–H groups in total. The van der Waals surface area contributed by atoms with Gasteiger partial charge in [0.1, 0.15) is 5.52 Å². The number of fused-ring (bicyclic) bond motifs is 1. The minimum atomic E-state index is -0.368. The first-order valence-corrected chi connectivity index (χ1v) is 8.38. The standard InChI is InChI=1S/C14H14BrFN4O2S/c1-6-9(13(18)22-12(17)7-3-4-7)10-8(15)5-19(2)14(21)11(10)20(6)23-16/h5,7,17-18H,3-4H2,1-2H3. The normalized spacial score (nSPS) is 14.3. The number of hydrogen-bond acceptors (Lipinski definition) is 5. The number of nitrogens with zero attached hydrogens (tertiary/aromatic N) is 2. The number of rotatable bonds is 3. The van der Waals surface area contributed by atoms with Crippen LogP contribution in [0.25, 0.3) is 10.9 Å². The molecule has 1 fully saturated rings. The largest absolute Gasteiger partial charge is 0.425 e. The molecule has 0 radical (unpaired) electrons. The molecular formula is C14H14BrFN4O2S. The molecule has 23 heavy (non-hydrogen) atoms. The Morgan fingerprint density at radius 2 is 2.13 bits per heavy atom. The first kappa shape index (κ1) is 16.3. The van der Waals surface area contributed by atoms with E-state index in [-0.39, 0.29) is 41.1 Å². The maximum atomic E-state index is 13.4. The van der Waals surface area contributed by atoms with Gasteiger partial charge >= 0.3 is 0 Å². The van der Waals surface area contributed by atoms with Crippen molar-refractivity contribution in [3.8, 4) is 0 Å². The van der Waals surface area contributed by atoms with E-state index in [1.807, 2.05) is 0 Å². The van der Waals surface area contributed by atoms with E-state index in [1.165, 1.54) is 4.57 Å². The molecule has 6 nitrogen and oxygen atoms in total. The Morgan fingerprint density at radius 1 is 1.48 bits per heavy atom. The van der Waals surface area contributed by atoms with Gasteiger partial charge < -0.3 is 9.30 Å². The Balaban J connectivity index is 2.22. The first-order chi connectivity index (χ1) is 10.9. The van der Waals surface area contributed by atoms with E-state index in [2.05, 4.69) is 15.9 Å². The summed E-state index contributed by atoms with van der Waals surface area (Å²) >= 11 is 3.28. The van der Waals surface area contributed by atoms with Gasteiger partial charge in [-0.05, 0) is 35.7 Å². The first-order valence-electron chi connectivity index (χ1n) is 6.91. The van der Waals surface area contributed by atoms with Crippen LogP contribution in [0.1, 0.15) is 24.1 Å². The van der Waals surface area contributed by atoms with Gasteiger partial charge in [0.05, 0.1) is 5.56 Å². The summed E-state index contributed by atoms with van der Waals surface area (Å²) in [5, 5.41) is 16.4. The third-order valence-corrected chi connectivity index (χ3v) is 5.08. The van der Waals surface area contributed by atoms with Crippen molar-refractivity contribution in [2.45, 2.75) is 19.8 Å². The van der Waals surface area contributed by atoms with Crippen molar-refractivity contribution in [1.82, 2.24) is 8.54 Å². The molecule has 0 unspecified atom stereocenters. The topological polar surface area (TPSA) is 83.9 Å². The van der Waals surface area contributed by atoms with Crippen LogP contribution in [-0.2, 0) is 11.8 Å². The van der Waals surface area contributed by atoms with Crippen molar-refractivity contribution in [2.75, 3.05) is 0 Å². The number of ether oxygens (including phenoxy) is 1.